The van der Waals surface area contributed by atoms with Crippen LogP contribution in [0, 0.1) is 0 Å². The molecule has 0 atom stereocenters. The number of ether oxygens (including phenoxy) is 1. The third-order valence-corrected chi connectivity index (χ3v) is 3.85. The summed E-state index contributed by atoms with van der Waals surface area (Å²) in [5.41, 5.74) is 0. The van der Waals surface area contributed by atoms with E-state index in [9.17, 15) is 0 Å². The van der Waals surface area contributed by atoms with Gasteiger partial charge in [0.15, 0.2) is 0 Å². The van der Waals surface area contributed by atoms with Crippen molar-refractivity contribution in [1.29, 1.82) is 0 Å². The number of nitrogens with one attached hydrogen (secondary N) is 1. The fraction of sp³-hybridized carbons (Fsp3) is 0.571. The van der Waals surface area contributed by atoms with Gasteiger partial charge in [0.05, 0.1) is 5.39 Å². The van der Waals surface area contributed by atoms with Crippen LogP contribution in [0.4, 0.5) is 11.8 Å². The van der Waals surface area contributed by atoms with Crippen LogP contribution in [0.3, 0.4) is 0 Å². The van der Waals surface area contributed by atoms with Gasteiger partial charge in [0, 0.05) is 33.9 Å². The van der Waals surface area contributed by atoms with Crippen LogP contribution in [-0.2, 0) is 4.74 Å². The van der Waals surface area contributed by atoms with Crippen LogP contribution >= 0.6 is 11.3 Å². The van der Waals surface area contributed by atoms with Gasteiger partial charge in [0.1, 0.15) is 10.6 Å². The zero-order valence-electron chi connectivity index (χ0n) is 12.3. The number of hydrogen-bond acceptors (Lipinski definition) is 6. The van der Waals surface area contributed by atoms with Crippen molar-refractivity contribution in [1.82, 2.24) is 9.97 Å². The molecule has 110 valence electrons. The largest absolute Gasteiger partial charge is 0.385 e. The topological polar surface area (TPSA) is 50.3 Å². The molecule has 0 spiro atoms. The molecule has 2 aromatic rings. The molecule has 0 saturated heterocycles. The lowest BCUT2D eigenvalue weighted by atomic mass is 10.3. The second kappa shape index (κ2) is 7.40. The molecule has 5 nitrogen and oxygen atoms in total. The van der Waals surface area contributed by atoms with Crippen molar-refractivity contribution in [3.63, 3.8) is 0 Å². The van der Waals surface area contributed by atoms with E-state index in [2.05, 4.69) is 45.6 Å². The Hall–Kier alpha value is -1.40. The lowest BCUT2D eigenvalue weighted by Gasteiger charge is -2.19. The molecule has 0 aromatic carbocycles. The molecule has 2 heterocycles. The minimum absolute atomic E-state index is 0.718. The van der Waals surface area contributed by atoms with Gasteiger partial charge in [-0.15, -0.1) is 11.3 Å². The summed E-state index contributed by atoms with van der Waals surface area (Å²) < 4.78 is 5.11. The predicted molar refractivity (Wildman–Crippen MR) is 86.0 cm³/mol. The molecule has 0 aliphatic rings. The molecule has 0 fully saturated rings. The van der Waals surface area contributed by atoms with E-state index in [4.69, 9.17) is 4.74 Å². The molecule has 0 bridgehead atoms. The first-order chi connectivity index (χ1) is 9.76. The summed E-state index contributed by atoms with van der Waals surface area (Å²) in [5.74, 6) is 1.71. The molecule has 2 aromatic heterocycles. The summed E-state index contributed by atoms with van der Waals surface area (Å²) in [7, 11) is 3.80. The van der Waals surface area contributed by atoms with Crippen molar-refractivity contribution < 1.29 is 4.74 Å². The van der Waals surface area contributed by atoms with Crippen LogP contribution in [-0.4, -0.2) is 43.8 Å². The molecule has 0 unspecified atom stereocenters. The lowest BCUT2D eigenvalue weighted by Crippen LogP contribution is -2.21. The van der Waals surface area contributed by atoms with E-state index < -0.39 is 0 Å². The second-order valence-electron chi connectivity index (χ2n) is 4.70. The van der Waals surface area contributed by atoms with Gasteiger partial charge in [-0.05, 0) is 24.3 Å². The van der Waals surface area contributed by atoms with Gasteiger partial charge in [-0.25, -0.2) is 4.98 Å². The second-order valence-corrected chi connectivity index (χ2v) is 5.60. The molecule has 0 amide bonds. The Balaban J connectivity index is 2.22. The summed E-state index contributed by atoms with van der Waals surface area (Å²) >= 11 is 1.65. The van der Waals surface area contributed by atoms with Gasteiger partial charge in [0.25, 0.3) is 0 Å². The molecule has 1 N–H and O–H groups in total. The highest BCUT2D eigenvalue weighted by Gasteiger charge is 2.12. The number of methoxy groups -OCH3 is 1. The molecular formula is C14H22N4OS. The number of nitrogens with zero attached hydrogens (tertiary/aromatic N) is 3. The Bertz CT molecular complexity index is 543. The Morgan fingerprint density at radius 3 is 3.00 bits per heavy atom. The molecule has 0 aliphatic carbocycles. The van der Waals surface area contributed by atoms with Crippen molar-refractivity contribution in [2.24, 2.45) is 0 Å². The minimum Gasteiger partial charge on any atom is -0.385 e. The number of hydrogen-bond donors (Lipinski definition) is 1. The molecule has 2 rings (SSSR count). The van der Waals surface area contributed by atoms with Crippen molar-refractivity contribution in [2.75, 3.05) is 44.1 Å². The maximum absolute atomic E-state index is 5.11. The summed E-state index contributed by atoms with van der Waals surface area (Å²) in [4.78, 5) is 12.4. The summed E-state index contributed by atoms with van der Waals surface area (Å²) in [6.07, 6.45) is 2.05. The Labute approximate surface area is 124 Å². The monoisotopic (exact) mass is 294 g/mol. The van der Waals surface area contributed by atoms with Crippen LogP contribution < -0.4 is 10.2 Å². The lowest BCUT2D eigenvalue weighted by molar-refractivity contribution is 0.196. The summed E-state index contributed by atoms with van der Waals surface area (Å²) in [6, 6.07) is 2.09. The first-order valence-corrected chi connectivity index (χ1v) is 7.83. The summed E-state index contributed by atoms with van der Waals surface area (Å²) in [6.45, 7) is 4.71. The van der Waals surface area contributed by atoms with Gasteiger partial charge in [-0.3, -0.25) is 0 Å². The Kier molecular flexibility index (Phi) is 5.55. The normalized spacial score (nSPS) is 10.9. The summed E-state index contributed by atoms with van der Waals surface area (Å²) in [5, 5.41) is 6.46. The highest BCUT2D eigenvalue weighted by atomic mass is 32.1. The van der Waals surface area contributed by atoms with E-state index in [0.717, 1.165) is 54.5 Å². The third kappa shape index (κ3) is 3.58. The number of rotatable bonds is 8. The van der Waals surface area contributed by atoms with Crippen LogP contribution in [0.2, 0.25) is 0 Å². The smallest absolute Gasteiger partial charge is 0.226 e. The van der Waals surface area contributed by atoms with Gasteiger partial charge < -0.3 is 15.0 Å². The highest BCUT2D eigenvalue weighted by molar-refractivity contribution is 7.16. The third-order valence-electron chi connectivity index (χ3n) is 3.04. The van der Waals surface area contributed by atoms with E-state index in [0.29, 0.717) is 0 Å². The number of aromatic nitrogens is 2. The van der Waals surface area contributed by atoms with E-state index in [1.165, 1.54) is 0 Å². The maximum atomic E-state index is 5.11. The zero-order chi connectivity index (χ0) is 14.4. The minimum atomic E-state index is 0.718. The molecule has 0 radical (unpaired) electrons. The average Bonchev–Trinajstić information content (AvgIpc) is 2.92. The van der Waals surface area contributed by atoms with Crippen LogP contribution in [0.1, 0.15) is 19.8 Å². The quantitative estimate of drug-likeness (QED) is 0.759. The van der Waals surface area contributed by atoms with Crippen LogP contribution in [0.15, 0.2) is 11.4 Å². The van der Waals surface area contributed by atoms with Gasteiger partial charge in [0.2, 0.25) is 5.95 Å². The average molecular weight is 294 g/mol. The van der Waals surface area contributed by atoms with Crippen molar-refractivity contribution in [3.05, 3.63) is 11.4 Å². The van der Waals surface area contributed by atoms with E-state index in [1.54, 1.807) is 18.4 Å². The number of anilines is 2. The first kappa shape index (κ1) is 15.0. The van der Waals surface area contributed by atoms with Crippen molar-refractivity contribution in [3.8, 4) is 0 Å². The van der Waals surface area contributed by atoms with E-state index >= 15 is 0 Å². The number of fused-ring (bicyclic) bond motifs is 1. The Morgan fingerprint density at radius 2 is 2.25 bits per heavy atom. The number of thiophene rings is 1. The molecular weight excluding hydrogens is 272 g/mol. The van der Waals surface area contributed by atoms with E-state index in [1.807, 2.05) is 0 Å². The first-order valence-electron chi connectivity index (χ1n) is 6.95. The zero-order valence-corrected chi connectivity index (χ0v) is 13.2. The molecule has 20 heavy (non-hydrogen) atoms. The van der Waals surface area contributed by atoms with Crippen molar-refractivity contribution >= 4 is 33.3 Å². The Morgan fingerprint density at radius 1 is 1.40 bits per heavy atom. The standard InChI is InChI=1S/C14H22N4OS/c1-4-7-15-14-16-12(18(2)8-5-9-19-3)11-6-10-20-13(11)17-14/h6,10H,4-5,7-9H2,1-3H3,(H,15,16,17). The fourth-order valence-corrected chi connectivity index (χ4v) is 2.76. The van der Waals surface area contributed by atoms with Gasteiger partial charge >= 0.3 is 0 Å². The van der Waals surface area contributed by atoms with Crippen molar-refractivity contribution in [2.45, 2.75) is 19.8 Å². The van der Waals surface area contributed by atoms with Crippen LogP contribution in [0.25, 0.3) is 10.2 Å². The van der Waals surface area contributed by atoms with Crippen LogP contribution in [0.5, 0.6) is 0 Å². The predicted octanol–water partition coefficient (Wildman–Crippen LogP) is 2.99. The molecule has 0 saturated carbocycles. The SMILES string of the molecule is CCCNc1nc(N(C)CCCOC)c2ccsc2n1. The molecule has 0 aliphatic heterocycles. The van der Waals surface area contributed by atoms with Gasteiger partial charge in [-0.1, -0.05) is 6.92 Å². The van der Waals surface area contributed by atoms with Gasteiger partial charge in [-0.2, -0.15) is 4.98 Å². The van der Waals surface area contributed by atoms with E-state index in [-0.39, 0.29) is 0 Å². The highest BCUT2D eigenvalue weighted by Crippen LogP contribution is 2.28. The fourth-order valence-electron chi connectivity index (χ4n) is 2.00. The molecule has 6 heteroatoms. The maximum Gasteiger partial charge on any atom is 0.226 e.